The van der Waals surface area contributed by atoms with Gasteiger partial charge in [-0.3, -0.25) is 0 Å². The lowest BCUT2D eigenvalue weighted by Crippen LogP contribution is -2.33. The predicted molar refractivity (Wildman–Crippen MR) is 318 cm³/mol. The van der Waals surface area contributed by atoms with E-state index < -0.39 is 10.8 Å². The van der Waals surface area contributed by atoms with E-state index in [-0.39, 0.29) is 5.41 Å². The van der Waals surface area contributed by atoms with E-state index in [0.29, 0.717) is 0 Å². The summed E-state index contributed by atoms with van der Waals surface area (Å²) in [5, 5.41) is 5.13. The molecule has 18 rings (SSSR count). The van der Waals surface area contributed by atoms with E-state index in [4.69, 9.17) is 0 Å². The zero-order valence-corrected chi connectivity index (χ0v) is 42.6. The summed E-state index contributed by atoms with van der Waals surface area (Å²) >= 11 is 0. The van der Waals surface area contributed by atoms with Crippen LogP contribution in [-0.4, -0.2) is 4.57 Å². The van der Waals surface area contributed by atoms with E-state index in [1.54, 1.807) is 0 Å². The normalized spacial score (nSPS) is 17.7. The van der Waals surface area contributed by atoms with E-state index in [1.807, 2.05) is 0 Å². The molecule has 0 bridgehead atoms. The van der Waals surface area contributed by atoms with Gasteiger partial charge >= 0.3 is 0 Å². The zero-order chi connectivity index (χ0) is 50.5. The van der Waals surface area contributed by atoms with Crippen LogP contribution in [0.1, 0.15) is 69.5 Å². The Bertz CT molecular complexity index is 4810. The van der Waals surface area contributed by atoms with Gasteiger partial charge in [-0.15, -0.1) is 0 Å². The fraction of sp³-hybridized carbons (Fsp3) is 0.0667. The van der Waals surface area contributed by atoms with Crippen LogP contribution in [0.3, 0.4) is 0 Å². The zero-order valence-electron chi connectivity index (χ0n) is 42.6. The second-order valence-corrected chi connectivity index (χ2v) is 22.6. The summed E-state index contributed by atoms with van der Waals surface area (Å²) in [6.45, 7) is 4.81. The van der Waals surface area contributed by atoms with E-state index in [0.717, 1.165) is 5.69 Å². The van der Waals surface area contributed by atoms with Crippen LogP contribution in [0.4, 0.5) is 17.1 Å². The molecule has 77 heavy (non-hydrogen) atoms. The molecular formula is C75H48N2. The van der Waals surface area contributed by atoms with Crippen LogP contribution in [0.2, 0.25) is 0 Å². The van der Waals surface area contributed by atoms with Gasteiger partial charge in [0.15, 0.2) is 0 Å². The van der Waals surface area contributed by atoms with Crippen molar-refractivity contribution in [1.82, 2.24) is 4.57 Å². The van der Waals surface area contributed by atoms with Gasteiger partial charge in [0, 0.05) is 33.0 Å². The molecule has 0 N–H and O–H groups in total. The molecule has 4 aliphatic carbocycles. The highest BCUT2D eigenvalue weighted by Gasteiger charge is 2.54. The Morgan fingerprint density at radius 1 is 0.312 bits per heavy atom. The number of para-hydroxylation sites is 3. The number of hydrogen-bond donors (Lipinski definition) is 0. The smallest absolute Gasteiger partial charge is 0.0755 e. The van der Waals surface area contributed by atoms with Gasteiger partial charge in [-0.05, 0) is 136 Å². The highest BCUT2D eigenvalue weighted by atomic mass is 15.2. The quantitative estimate of drug-likeness (QED) is 0.171. The van der Waals surface area contributed by atoms with Crippen LogP contribution in [0.25, 0.3) is 82.8 Å². The Kier molecular flexibility index (Phi) is 7.85. The molecule has 2 unspecified atom stereocenters. The lowest BCUT2D eigenvalue weighted by molar-refractivity contribution is 0.660. The molecule has 13 aromatic rings. The third-order valence-corrected chi connectivity index (χ3v) is 19.0. The Balaban J connectivity index is 0.970. The summed E-state index contributed by atoms with van der Waals surface area (Å²) in [6.07, 6.45) is 0. The van der Waals surface area contributed by atoms with Crippen LogP contribution in [-0.2, 0) is 16.2 Å². The minimum absolute atomic E-state index is 0.199. The number of hydrogen-bond acceptors (Lipinski definition) is 1. The van der Waals surface area contributed by atoms with Gasteiger partial charge in [0.05, 0.1) is 38.9 Å². The molecule has 2 spiro atoms. The van der Waals surface area contributed by atoms with Crippen molar-refractivity contribution in [3.8, 4) is 50.2 Å². The maximum atomic E-state index is 2.66. The fourth-order valence-electron chi connectivity index (χ4n) is 16.1. The molecule has 0 radical (unpaired) electrons. The third-order valence-electron chi connectivity index (χ3n) is 19.0. The number of nitrogens with zero attached hydrogens (tertiary/aromatic N) is 2. The topological polar surface area (TPSA) is 8.17 Å². The molecule has 0 fully saturated rings. The molecular weight excluding hydrogens is 929 g/mol. The Morgan fingerprint density at radius 2 is 0.805 bits per heavy atom. The molecule has 358 valence electrons. The molecule has 1 aromatic heterocycles. The summed E-state index contributed by atoms with van der Waals surface area (Å²) in [7, 11) is 0. The highest BCUT2D eigenvalue weighted by molar-refractivity contribution is 6.14. The predicted octanol–water partition coefficient (Wildman–Crippen LogP) is 18.7. The first-order chi connectivity index (χ1) is 38.0. The first-order valence-electron chi connectivity index (χ1n) is 27.3. The van der Waals surface area contributed by atoms with E-state index in [9.17, 15) is 0 Å². The van der Waals surface area contributed by atoms with Crippen LogP contribution in [0.15, 0.2) is 255 Å². The number of benzene rings is 12. The van der Waals surface area contributed by atoms with Gasteiger partial charge in [-0.1, -0.05) is 232 Å². The Hall–Kier alpha value is -9.50. The molecule has 0 saturated heterocycles. The number of rotatable bonds is 3. The van der Waals surface area contributed by atoms with Crippen molar-refractivity contribution in [1.29, 1.82) is 0 Å². The van der Waals surface area contributed by atoms with Crippen molar-refractivity contribution in [2.75, 3.05) is 4.90 Å². The summed E-state index contributed by atoms with van der Waals surface area (Å²) in [4.78, 5) is 2.66. The summed E-state index contributed by atoms with van der Waals surface area (Å²) < 4.78 is 2.55. The number of fused-ring (bicyclic) bond motifs is 27. The first-order valence-corrected chi connectivity index (χ1v) is 27.3. The standard InChI is InChI=1S/C75H48N2/c1-73(2)55-28-10-6-24-52(55)70-60(73)33-18-38-67(70)76(46-41-42-49-48-22-5-11-29-56(48)74(64(49)44-46)57-30-12-7-25-53(57)69-47-21-4-3-20-45(47)40-43-62(69)74)68-39-19-34-61-71(68)54-26-8-13-31-58(54)75(61)59-32-14-16-37-66(59)77-65-36-15-9-23-50(65)51-27-17-35-63(75)72(51)77/h3-44H,1-2H3. The molecule has 12 aromatic carbocycles. The van der Waals surface area contributed by atoms with Crippen LogP contribution in [0, 0.1) is 0 Å². The van der Waals surface area contributed by atoms with Crippen molar-refractivity contribution in [2.45, 2.75) is 30.1 Å². The molecule has 0 amide bonds. The first kappa shape index (κ1) is 41.8. The molecule has 1 aliphatic heterocycles. The lowest BCUT2D eigenvalue weighted by atomic mass is 9.65. The van der Waals surface area contributed by atoms with E-state index >= 15 is 0 Å². The molecule has 2 nitrogen and oxygen atoms in total. The van der Waals surface area contributed by atoms with Crippen molar-refractivity contribution < 1.29 is 0 Å². The van der Waals surface area contributed by atoms with Crippen LogP contribution < -0.4 is 4.90 Å². The summed E-state index contributed by atoms with van der Waals surface area (Å²) in [6, 6.07) is 97.7. The van der Waals surface area contributed by atoms with Crippen molar-refractivity contribution in [3.05, 3.63) is 310 Å². The molecule has 2 heterocycles. The average Bonchev–Trinajstić information content (AvgIpc) is 4.25. The minimum atomic E-state index is -0.606. The van der Waals surface area contributed by atoms with Crippen LogP contribution in [0.5, 0.6) is 0 Å². The lowest BCUT2D eigenvalue weighted by Gasteiger charge is -2.39. The molecule has 0 saturated carbocycles. The minimum Gasteiger partial charge on any atom is -0.309 e. The fourth-order valence-corrected chi connectivity index (χ4v) is 16.1. The monoisotopic (exact) mass is 976 g/mol. The molecule has 2 atom stereocenters. The summed E-state index contributed by atoms with van der Waals surface area (Å²) in [5.41, 5.74) is 29.6. The Morgan fingerprint density at radius 3 is 1.57 bits per heavy atom. The average molecular weight is 977 g/mol. The van der Waals surface area contributed by atoms with E-state index in [1.165, 1.54) is 150 Å². The van der Waals surface area contributed by atoms with Gasteiger partial charge in [0.25, 0.3) is 0 Å². The molecule has 2 heteroatoms. The SMILES string of the molecule is CC1(C)c2ccccc2-c2c(N(c3ccc4c(c3)C3(c5ccccc5-4)c4ccccc4-c4c3ccc3ccccc43)c3cccc4c3-c3ccccc3C43c4ccccc4-n4c5ccccc5c5cccc3c54)cccc21. The number of aromatic nitrogens is 1. The molecule has 5 aliphatic rings. The van der Waals surface area contributed by atoms with Gasteiger partial charge in [0.1, 0.15) is 0 Å². The van der Waals surface area contributed by atoms with Crippen molar-refractivity contribution in [3.63, 3.8) is 0 Å². The van der Waals surface area contributed by atoms with Crippen LogP contribution >= 0.6 is 0 Å². The third kappa shape index (κ3) is 4.82. The van der Waals surface area contributed by atoms with Gasteiger partial charge < -0.3 is 9.47 Å². The van der Waals surface area contributed by atoms with Crippen molar-refractivity contribution >= 4 is 49.6 Å². The maximum absolute atomic E-state index is 2.66. The number of anilines is 3. The van der Waals surface area contributed by atoms with E-state index in [2.05, 4.69) is 278 Å². The highest BCUT2D eigenvalue weighted by Crippen LogP contribution is 2.67. The van der Waals surface area contributed by atoms with Gasteiger partial charge in [0.2, 0.25) is 0 Å². The van der Waals surface area contributed by atoms with Gasteiger partial charge in [-0.2, -0.15) is 0 Å². The van der Waals surface area contributed by atoms with Gasteiger partial charge in [-0.25, -0.2) is 0 Å². The largest absolute Gasteiger partial charge is 0.309 e. The Labute approximate surface area is 447 Å². The second-order valence-electron chi connectivity index (χ2n) is 22.6. The summed E-state index contributed by atoms with van der Waals surface area (Å²) in [5.74, 6) is 0. The second kappa shape index (κ2) is 14.5. The maximum Gasteiger partial charge on any atom is 0.0755 e. The van der Waals surface area contributed by atoms with Crippen molar-refractivity contribution in [2.24, 2.45) is 0 Å².